The summed E-state index contributed by atoms with van der Waals surface area (Å²) < 4.78 is 24.4. The third-order valence-corrected chi connectivity index (χ3v) is 6.55. The first kappa shape index (κ1) is 21.4. The van der Waals surface area contributed by atoms with Crippen LogP contribution >= 0.6 is 0 Å². The number of fused-ring (bicyclic) bond motifs is 3. The Bertz CT molecular complexity index is 1500. The third kappa shape index (κ3) is 3.38. The van der Waals surface area contributed by atoms with Gasteiger partial charge in [0.25, 0.3) is 0 Å². The predicted molar refractivity (Wildman–Crippen MR) is 126 cm³/mol. The molecular weight excluding hydrogens is 448 g/mol. The van der Waals surface area contributed by atoms with E-state index < -0.39 is 5.92 Å². The smallest absolute Gasteiger partial charge is 0.228 e. The van der Waals surface area contributed by atoms with Gasteiger partial charge in [-0.1, -0.05) is 19.9 Å². The molecule has 3 aromatic heterocycles. The Balaban J connectivity index is 1.62. The molecule has 0 saturated carbocycles. The Morgan fingerprint density at radius 2 is 1.94 bits per heavy atom. The van der Waals surface area contributed by atoms with Crippen LogP contribution in [0.4, 0.5) is 0 Å². The summed E-state index contributed by atoms with van der Waals surface area (Å²) in [5.74, 6) is 2.80. The molecule has 1 aliphatic heterocycles. The second-order valence-electron chi connectivity index (χ2n) is 9.57. The molecule has 9 heteroatoms. The highest BCUT2D eigenvalue weighted by Crippen LogP contribution is 2.51. The number of carbonyl (C=O) groups excluding carboxylic acids is 1. The van der Waals surface area contributed by atoms with Crippen LogP contribution in [0.5, 0.6) is 17.4 Å². The fraction of sp³-hybridized carbons (Fsp3) is 0.308. The van der Waals surface area contributed by atoms with E-state index in [9.17, 15) is 4.79 Å². The lowest BCUT2D eigenvalue weighted by atomic mass is 9.70. The van der Waals surface area contributed by atoms with E-state index in [1.165, 1.54) is 0 Å². The molecule has 0 bridgehead atoms. The van der Waals surface area contributed by atoms with Gasteiger partial charge in [0.2, 0.25) is 11.7 Å². The van der Waals surface area contributed by atoms with Crippen LogP contribution in [0.25, 0.3) is 17.2 Å². The normalized spacial score (nSPS) is 18.7. The van der Waals surface area contributed by atoms with Crippen molar-refractivity contribution < 1.29 is 23.4 Å². The van der Waals surface area contributed by atoms with Gasteiger partial charge < -0.3 is 18.6 Å². The second kappa shape index (κ2) is 7.69. The zero-order chi connectivity index (χ0) is 24.3. The topological polar surface area (TPSA) is 101 Å². The van der Waals surface area contributed by atoms with Crippen molar-refractivity contribution in [1.82, 2.24) is 19.6 Å². The van der Waals surface area contributed by atoms with Crippen LogP contribution in [0.2, 0.25) is 0 Å². The monoisotopic (exact) mass is 472 g/mol. The molecule has 2 aliphatic rings. The molecule has 1 aromatic carbocycles. The summed E-state index contributed by atoms with van der Waals surface area (Å²) in [5.41, 5.74) is 2.50. The summed E-state index contributed by atoms with van der Waals surface area (Å²) in [6.45, 7) is 4.15. The summed E-state index contributed by atoms with van der Waals surface area (Å²) >= 11 is 0. The van der Waals surface area contributed by atoms with Crippen LogP contribution < -0.4 is 14.2 Å². The lowest BCUT2D eigenvalue weighted by molar-refractivity contribution is -0.118. The fourth-order valence-electron chi connectivity index (χ4n) is 5.02. The minimum absolute atomic E-state index is 0.0504. The molecule has 4 aromatic rings. The van der Waals surface area contributed by atoms with Crippen LogP contribution in [-0.4, -0.2) is 39.6 Å². The van der Waals surface area contributed by atoms with Gasteiger partial charge in [-0.25, -0.2) is 14.5 Å². The van der Waals surface area contributed by atoms with Gasteiger partial charge in [0, 0.05) is 18.4 Å². The van der Waals surface area contributed by atoms with E-state index in [-0.39, 0.29) is 11.2 Å². The average molecular weight is 473 g/mol. The number of rotatable bonds is 4. The molecular formula is C26H24N4O5. The van der Waals surface area contributed by atoms with Gasteiger partial charge in [-0.2, -0.15) is 0 Å². The molecule has 0 spiro atoms. The number of ether oxygens (including phenoxy) is 3. The molecule has 0 amide bonds. The molecule has 0 unspecified atom stereocenters. The zero-order valence-corrected chi connectivity index (χ0v) is 19.9. The van der Waals surface area contributed by atoms with Crippen molar-refractivity contribution in [1.29, 1.82) is 0 Å². The van der Waals surface area contributed by atoms with Crippen LogP contribution in [0, 0.1) is 5.41 Å². The lowest BCUT2D eigenvalue weighted by Gasteiger charge is -2.37. The minimum Gasteiger partial charge on any atom is -0.493 e. The van der Waals surface area contributed by atoms with Crippen LogP contribution in [-0.2, 0) is 4.79 Å². The van der Waals surface area contributed by atoms with Crippen molar-refractivity contribution in [2.24, 2.45) is 5.41 Å². The van der Waals surface area contributed by atoms with Crippen molar-refractivity contribution in [3.05, 3.63) is 65.4 Å². The largest absolute Gasteiger partial charge is 0.493 e. The number of aromatic nitrogens is 4. The summed E-state index contributed by atoms with van der Waals surface area (Å²) in [6, 6.07) is 9.25. The summed E-state index contributed by atoms with van der Waals surface area (Å²) in [5, 5.41) is 4.55. The van der Waals surface area contributed by atoms with Crippen molar-refractivity contribution in [2.75, 3.05) is 14.2 Å². The summed E-state index contributed by atoms with van der Waals surface area (Å²) in [4.78, 5) is 22.9. The molecule has 178 valence electrons. The Morgan fingerprint density at radius 3 is 2.69 bits per heavy atom. The lowest BCUT2D eigenvalue weighted by Crippen LogP contribution is -2.33. The quantitative estimate of drug-likeness (QED) is 0.426. The van der Waals surface area contributed by atoms with Crippen molar-refractivity contribution in [2.45, 2.75) is 32.6 Å². The highest BCUT2D eigenvalue weighted by molar-refractivity contribution is 6.00. The van der Waals surface area contributed by atoms with E-state index >= 15 is 0 Å². The number of methoxy groups -OCH3 is 2. The standard InChI is InChI=1S/C26H24N4O5/c1-26(2)11-15(31)21-19(12-26)35-25-22(20(21)14-7-8-16(32-3)18(10-14)33-4)24-28-23(17-6-5-9-34-17)29-30(24)13-27-25/h5-10,13,20H,11-12H2,1-4H3/t20-/m1/s1. The Hall–Kier alpha value is -4.14. The van der Waals surface area contributed by atoms with Crippen LogP contribution in [0.3, 0.4) is 0 Å². The maximum Gasteiger partial charge on any atom is 0.228 e. The van der Waals surface area contributed by atoms with E-state index in [4.69, 9.17) is 23.6 Å². The van der Waals surface area contributed by atoms with E-state index in [1.807, 2.05) is 18.2 Å². The SMILES string of the molecule is COc1ccc([C@@H]2C3=C(CC(C)(C)CC3=O)Oc3ncn4nc(-c5ccco5)nc4c32)cc1OC. The number of furan rings is 1. The minimum atomic E-state index is -0.456. The van der Waals surface area contributed by atoms with E-state index in [1.54, 1.807) is 43.5 Å². The van der Waals surface area contributed by atoms with Gasteiger partial charge in [-0.15, -0.1) is 5.10 Å². The Morgan fingerprint density at radius 1 is 1.11 bits per heavy atom. The highest BCUT2D eigenvalue weighted by atomic mass is 16.5. The number of ketones is 1. The maximum atomic E-state index is 13.6. The zero-order valence-electron chi connectivity index (χ0n) is 19.9. The summed E-state index contributed by atoms with van der Waals surface area (Å²) in [7, 11) is 3.18. The van der Waals surface area contributed by atoms with Gasteiger partial charge in [-0.05, 0) is 35.2 Å². The number of Topliss-reactive ketones (excluding diaryl/α,β-unsaturated/α-hetero) is 1. The molecule has 4 heterocycles. The van der Waals surface area contributed by atoms with Gasteiger partial charge >= 0.3 is 0 Å². The highest BCUT2D eigenvalue weighted by Gasteiger charge is 2.44. The number of hydrogen-bond acceptors (Lipinski definition) is 8. The number of carbonyl (C=O) groups is 1. The van der Waals surface area contributed by atoms with Crippen molar-refractivity contribution in [3.63, 3.8) is 0 Å². The summed E-state index contributed by atoms with van der Waals surface area (Å²) in [6.07, 6.45) is 4.20. The van der Waals surface area contributed by atoms with E-state index in [0.29, 0.717) is 64.3 Å². The van der Waals surface area contributed by atoms with Gasteiger partial charge in [0.1, 0.15) is 12.1 Å². The molecule has 1 aliphatic carbocycles. The number of hydrogen-bond donors (Lipinski definition) is 0. The van der Waals surface area contributed by atoms with Gasteiger partial charge in [-0.3, -0.25) is 4.79 Å². The molecule has 35 heavy (non-hydrogen) atoms. The predicted octanol–water partition coefficient (Wildman–Crippen LogP) is 4.57. The van der Waals surface area contributed by atoms with Crippen molar-refractivity contribution in [3.8, 4) is 29.0 Å². The molecule has 0 radical (unpaired) electrons. The fourth-order valence-corrected chi connectivity index (χ4v) is 5.02. The molecule has 1 atom stereocenters. The first-order valence-corrected chi connectivity index (χ1v) is 11.3. The van der Waals surface area contributed by atoms with Crippen LogP contribution in [0.1, 0.15) is 43.7 Å². The maximum absolute atomic E-state index is 13.6. The van der Waals surface area contributed by atoms with E-state index in [0.717, 1.165) is 5.56 Å². The first-order valence-electron chi connectivity index (χ1n) is 11.3. The van der Waals surface area contributed by atoms with Gasteiger partial charge in [0.05, 0.1) is 32.0 Å². The number of benzene rings is 1. The molecule has 9 nitrogen and oxygen atoms in total. The Labute approximate surface area is 201 Å². The first-order chi connectivity index (χ1) is 16.9. The molecule has 0 N–H and O–H groups in total. The molecule has 6 rings (SSSR count). The molecule has 0 fully saturated rings. The van der Waals surface area contributed by atoms with Gasteiger partial charge in [0.15, 0.2) is 28.7 Å². The van der Waals surface area contributed by atoms with E-state index in [2.05, 4.69) is 23.9 Å². The van der Waals surface area contributed by atoms with Crippen molar-refractivity contribution >= 4 is 11.4 Å². The molecule has 0 saturated heterocycles. The number of nitrogens with zero attached hydrogens (tertiary/aromatic N) is 4. The third-order valence-electron chi connectivity index (χ3n) is 6.55. The number of allylic oxidation sites excluding steroid dienone is 2. The average Bonchev–Trinajstić information content (AvgIpc) is 3.51. The van der Waals surface area contributed by atoms with Crippen LogP contribution in [0.15, 0.2) is 58.7 Å². The Kier molecular flexibility index (Phi) is 4.70. The second-order valence-corrected chi connectivity index (χ2v) is 9.57.